The van der Waals surface area contributed by atoms with Gasteiger partial charge in [-0.1, -0.05) is 24.3 Å². The van der Waals surface area contributed by atoms with E-state index in [1.165, 1.54) is 11.6 Å². The third-order valence-corrected chi connectivity index (χ3v) is 4.93. The second-order valence-corrected chi connectivity index (χ2v) is 7.02. The Morgan fingerprint density at radius 2 is 2.00 bits per heavy atom. The first kappa shape index (κ1) is 18.1. The van der Waals surface area contributed by atoms with Crippen LogP contribution in [0, 0.1) is 0 Å². The van der Waals surface area contributed by atoms with E-state index in [0.29, 0.717) is 17.9 Å². The van der Waals surface area contributed by atoms with Crippen molar-refractivity contribution in [3.05, 3.63) is 59.1 Å². The topological polar surface area (TPSA) is 68.3 Å². The SMILES string of the molecule is CC(=O)c1cccc(OCC(=O)NCCCc2nc3ccccc3s2)c1. The molecule has 1 N–H and O–H groups in total. The van der Waals surface area contributed by atoms with Crippen LogP contribution in [0.2, 0.25) is 0 Å². The number of aromatic nitrogens is 1. The van der Waals surface area contributed by atoms with Crippen LogP contribution in [0.25, 0.3) is 10.2 Å². The average Bonchev–Trinajstić information content (AvgIpc) is 3.06. The Kier molecular flexibility index (Phi) is 5.96. The highest BCUT2D eigenvalue weighted by molar-refractivity contribution is 7.18. The molecule has 0 fully saturated rings. The fourth-order valence-corrected chi connectivity index (χ4v) is 3.51. The van der Waals surface area contributed by atoms with Crippen LogP contribution < -0.4 is 10.1 Å². The van der Waals surface area contributed by atoms with Crippen molar-refractivity contribution in [2.45, 2.75) is 19.8 Å². The molecule has 6 heteroatoms. The minimum absolute atomic E-state index is 0.0326. The number of ether oxygens (including phenoxy) is 1. The van der Waals surface area contributed by atoms with Crippen LogP contribution in [0.3, 0.4) is 0 Å². The number of hydrogen-bond donors (Lipinski definition) is 1. The lowest BCUT2D eigenvalue weighted by atomic mass is 10.1. The monoisotopic (exact) mass is 368 g/mol. The van der Waals surface area contributed by atoms with Gasteiger partial charge in [-0.25, -0.2) is 4.98 Å². The maximum absolute atomic E-state index is 11.9. The van der Waals surface area contributed by atoms with Gasteiger partial charge in [-0.3, -0.25) is 9.59 Å². The normalized spacial score (nSPS) is 10.7. The Morgan fingerprint density at radius 3 is 2.81 bits per heavy atom. The van der Waals surface area contributed by atoms with Crippen molar-refractivity contribution in [3.63, 3.8) is 0 Å². The molecule has 0 aliphatic heterocycles. The largest absolute Gasteiger partial charge is 0.484 e. The molecule has 0 saturated carbocycles. The number of carbonyl (C=O) groups excluding carboxylic acids is 2. The summed E-state index contributed by atoms with van der Waals surface area (Å²) in [6.45, 7) is 2.01. The van der Waals surface area contributed by atoms with Gasteiger partial charge < -0.3 is 10.1 Å². The van der Waals surface area contributed by atoms with Crippen molar-refractivity contribution in [2.75, 3.05) is 13.2 Å². The van der Waals surface area contributed by atoms with Crippen LogP contribution >= 0.6 is 11.3 Å². The lowest BCUT2D eigenvalue weighted by molar-refractivity contribution is -0.123. The van der Waals surface area contributed by atoms with Crippen molar-refractivity contribution < 1.29 is 14.3 Å². The number of nitrogens with zero attached hydrogens (tertiary/aromatic N) is 1. The molecule has 1 aromatic heterocycles. The van der Waals surface area contributed by atoms with E-state index in [1.54, 1.807) is 35.6 Å². The van der Waals surface area contributed by atoms with Gasteiger partial charge in [0, 0.05) is 18.5 Å². The number of Topliss-reactive ketones (excluding diaryl/α,β-unsaturated/α-hetero) is 1. The van der Waals surface area contributed by atoms with Crippen molar-refractivity contribution in [1.82, 2.24) is 10.3 Å². The molecule has 3 aromatic rings. The van der Waals surface area contributed by atoms with E-state index >= 15 is 0 Å². The zero-order chi connectivity index (χ0) is 18.4. The minimum Gasteiger partial charge on any atom is -0.484 e. The van der Waals surface area contributed by atoms with E-state index in [2.05, 4.69) is 16.4 Å². The van der Waals surface area contributed by atoms with Gasteiger partial charge in [0.2, 0.25) is 0 Å². The molecule has 0 saturated heterocycles. The minimum atomic E-state index is -0.178. The molecule has 0 spiro atoms. The molecule has 1 amide bonds. The lowest BCUT2D eigenvalue weighted by Crippen LogP contribution is -2.29. The fourth-order valence-electron chi connectivity index (χ4n) is 2.50. The number of carbonyl (C=O) groups is 2. The van der Waals surface area contributed by atoms with Gasteiger partial charge in [0.15, 0.2) is 12.4 Å². The molecule has 2 aromatic carbocycles. The number of thiazole rings is 1. The molecule has 1 heterocycles. The Labute approximate surface area is 156 Å². The maximum Gasteiger partial charge on any atom is 0.257 e. The Balaban J connectivity index is 1.39. The van der Waals surface area contributed by atoms with Crippen LogP contribution in [0.5, 0.6) is 5.75 Å². The summed E-state index contributed by atoms with van der Waals surface area (Å²) < 4.78 is 6.63. The second-order valence-electron chi connectivity index (χ2n) is 5.90. The predicted octanol–water partition coefficient (Wildman–Crippen LogP) is 3.63. The van der Waals surface area contributed by atoms with Gasteiger partial charge in [0.25, 0.3) is 5.91 Å². The first-order valence-corrected chi connectivity index (χ1v) is 9.28. The van der Waals surface area contributed by atoms with Gasteiger partial charge in [0.1, 0.15) is 5.75 Å². The number of fused-ring (bicyclic) bond motifs is 1. The average molecular weight is 368 g/mol. The molecule has 26 heavy (non-hydrogen) atoms. The van der Waals surface area contributed by atoms with Gasteiger partial charge in [-0.15, -0.1) is 11.3 Å². The van der Waals surface area contributed by atoms with Crippen LogP contribution in [0.15, 0.2) is 48.5 Å². The molecule has 0 radical (unpaired) electrons. The Morgan fingerprint density at radius 1 is 1.15 bits per heavy atom. The third kappa shape index (κ3) is 4.89. The first-order chi connectivity index (χ1) is 12.6. The van der Waals surface area contributed by atoms with Crippen molar-refractivity contribution in [2.24, 2.45) is 0 Å². The van der Waals surface area contributed by atoms with E-state index in [0.717, 1.165) is 23.4 Å². The van der Waals surface area contributed by atoms with E-state index < -0.39 is 0 Å². The molecule has 0 bridgehead atoms. The molecule has 0 aliphatic carbocycles. The summed E-state index contributed by atoms with van der Waals surface area (Å²) in [4.78, 5) is 27.8. The summed E-state index contributed by atoms with van der Waals surface area (Å²) in [5, 5.41) is 3.92. The summed E-state index contributed by atoms with van der Waals surface area (Å²) in [7, 11) is 0. The molecule has 0 unspecified atom stereocenters. The number of rotatable bonds is 8. The van der Waals surface area contributed by atoms with Crippen LogP contribution in [0.4, 0.5) is 0 Å². The number of aryl methyl sites for hydroxylation is 1. The van der Waals surface area contributed by atoms with E-state index in [9.17, 15) is 9.59 Å². The third-order valence-electron chi connectivity index (χ3n) is 3.84. The highest BCUT2D eigenvalue weighted by Gasteiger charge is 2.06. The fraction of sp³-hybridized carbons (Fsp3) is 0.250. The predicted molar refractivity (Wildman–Crippen MR) is 103 cm³/mol. The van der Waals surface area contributed by atoms with Gasteiger partial charge in [-0.2, -0.15) is 0 Å². The van der Waals surface area contributed by atoms with Crippen LogP contribution in [0.1, 0.15) is 28.7 Å². The lowest BCUT2D eigenvalue weighted by Gasteiger charge is -2.08. The highest BCUT2D eigenvalue weighted by atomic mass is 32.1. The zero-order valence-electron chi connectivity index (χ0n) is 14.5. The number of para-hydroxylation sites is 1. The summed E-state index contributed by atoms with van der Waals surface area (Å²) in [6, 6.07) is 14.9. The number of benzene rings is 2. The number of ketones is 1. The van der Waals surface area contributed by atoms with Gasteiger partial charge >= 0.3 is 0 Å². The molecular weight excluding hydrogens is 348 g/mol. The zero-order valence-corrected chi connectivity index (χ0v) is 15.3. The van der Waals surface area contributed by atoms with Crippen molar-refractivity contribution in [3.8, 4) is 5.75 Å². The Hall–Kier alpha value is -2.73. The summed E-state index contributed by atoms with van der Waals surface area (Å²) in [5.41, 5.74) is 1.59. The van der Waals surface area contributed by atoms with E-state index in [-0.39, 0.29) is 18.3 Å². The summed E-state index contributed by atoms with van der Waals surface area (Å²) >= 11 is 1.69. The number of hydrogen-bond acceptors (Lipinski definition) is 5. The second kappa shape index (κ2) is 8.58. The Bertz CT molecular complexity index is 887. The van der Waals surface area contributed by atoms with Crippen LogP contribution in [-0.2, 0) is 11.2 Å². The smallest absolute Gasteiger partial charge is 0.257 e. The highest BCUT2D eigenvalue weighted by Crippen LogP contribution is 2.22. The molecule has 0 aliphatic rings. The number of nitrogens with one attached hydrogen (secondary N) is 1. The summed E-state index contributed by atoms with van der Waals surface area (Å²) in [5.74, 6) is 0.305. The molecule has 3 rings (SSSR count). The molecule has 134 valence electrons. The molecule has 0 atom stereocenters. The quantitative estimate of drug-likeness (QED) is 0.487. The van der Waals surface area contributed by atoms with Crippen LogP contribution in [-0.4, -0.2) is 29.8 Å². The van der Waals surface area contributed by atoms with E-state index in [4.69, 9.17) is 4.74 Å². The molecular formula is C20H20N2O3S. The van der Waals surface area contributed by atoms with E-state index in [1.807, 2.05) is 18.2 Å². The van der Waals surface area contributed by atoms with Gasteiger partial charge in [0.05, 0.1) is 15.2 Å². The summed E-state index contributed by atoms with van der Waals surface area (Å²) in [6.07, 6.45) is 1.66. The van der Waals surface area contributed by atoms with Crippen molar-refractivity contribution in [1.29, 1.82) is 0 Å². The van der Waals surface area contributed by atoms with Crippen molar-refractivity contribution >= 4 is 33.2 Å². The number of amides is 1. The molecule has 5 nitrogen and oxygen atoms in total. The van der Waals surface area contributed by atoms with Gasteiger partial charge in [-0.05, 0) is 37.6 Å². The standard InChI is InChI=1S/C20H20N2O3S/c1-14(23)15-6-4-7-16(12-15)25-13-19(24)21-11-5-10-20-22-17-8-2-3-9-18(17)26-20/h2-4,6-9,12H,5,10-11,13H2,1H3,(H,21,24). The maximum atomic E-state index is 11.9. The first-order valence-electron chi connectivity index (χ1n) is 8.47.